The van der Waals surface area contributed by atoms with Gasteiger partial charge in [0, 0.05) is 30.4 Å². The van der Waals surface area contributed by atoms with Crippen molar-refractivity contribution in [2.45, 2.75) is 31.8 Å². The van der Waals surface area contributed by atoms with E-state index in [0.29, 0.717) is 31.0 Å². The number of piperidine rings is 1. The second-order valence-electron chi connectivity index (χ2n) is 7.42. The summed E-state index contributed by atoms with van der Waals surface area (Å²) in [4.78, 5) is 31.5. The molecule has 1 atom stereocenters. The number of ether oxygens (including phenoxy) is 1. The van der Waals surface area contributed by atoms with Crippen molar-refractivity contribution in [1.29, 1.82) is 0 Å². The summed E-state index contributed by atoms with van der Waals surface area (Å²) in [7, 11) is 0. The molecule has 4 rings (SSSR count). The van der Waals surface area contributed by atoms with Crippen molar-refractivity contribution in [3.8, 4) is 0 Å². The molecule has 2 fully saturated rings. The van der Waals surface area contributed by atoms with Gasteiger partial charge in [-0.25, -0.2) is 4.79 Å². The van der Waals surface area contributed by atoms with Gasteiger partial charge in [-0.15, -0.1) is 24.8 Å². The summed E-state index contributed by atoms with van der Waals surface area (Å²) < 4.78 is 11.4. The van der Waals surface area contributed by atoms with E-state index in [9.17, 15) is 9.59 Å². The summed E-state index contributed by atoms with van der Waals surface area (Å²) in [5.41, 5.74) is 1.19. The molecule has 0 bridgehead atoms. The van der Waals surface area contributed by atoms with Crippen LogP contribution in [0.3, 0.4) is 0 Å². The van der Waals surface area contributed by atoms with Crippen LogP contribution in [0.5, 0.6) is 0 Å². The predicted molar refractivity (Wildman–Crippen MR) is 118 cm³/mol. The van der Waals surface area contributed by atoms with Crippen LogP contribution in [0.25, 0.3) is 0 Å². The number of rotatable bonds is 3. The summed E-state index contributed by atoms with van der Waals surface area (Å²) in [6, 6.07) is 5.64. The highest BCUT2D eigenvalue weighted by atomic mass is 35.5. The van der Waals surface area contributed by atoms with Crippen molar-refractivity contribution >= 4 is 30.7 Å². The van der Waals surface area contributed by atoms with E-state index in [0.717, 1.165) is 31.5 Å². The minimum atomic E-state index is -0.539. The van der Waals surface area contributed by atoms with Crippen molar-refractivity contribution in [3.63, 3.8) is 0 Å². The summed E-state index contributed by atoms with van der Waals surface area (Å²) in [5.74, 6) is 0.631. The Morgan fingerprint density at radius 2 is 2.03 bits per heavy atom. The summed E-state index contributed by atoms with van der Waals surface area (Å²) in [6.45, 7) is 4.90. The van der Waals surface area contributed by atoms with Crippen LogP contribution in [0.1, 0.15) is 52.1 Å². The number of carbonyl (C=O) groups excluding carboxylic acids is 1. The molecule has 164 valence electrons. The SMILES string of the molecule is Cc1cc(C2CCNCC2)oc(=O)c1C(=O)N1CCOC(c2cccnc2)C1.Cl.Cl. The Labute approximate surface area is 188 Å². The molecular weight excluding hydrogens is 429 g/mol. The van der Waals surface area contributed by atoms with E-state index >= 15 is 0 Å². The molecule has 0 radical (unpaired) electrons. The molecule has 2 aliphatic rings. The first-order valence-corrected chi connectivity index (χ1v) is 9.79. The van der Waals surface area contributed by atoms with Crippen LogP contribution in [0.4, 0.5) is 0 Å². The van der Waals surface area contributed by atoms with Crippen LogP contribution < -0.4 is 10.9 Å². The van der Waals surface area contributed by atoms with Crippen LogP contribution in [-0.2, 0) is 4.74 Å². The van der Waals surface area contributed by atoms with Gasteiger partial charge in [0.1, 0.15) is 17.4 Å². The number of morpholine rings is 1. The Hall–Kier alpha value is -1.93. The topological polar surface area (TPSA) is 84.7 Å². The monoisotopic (exact) mass is 455 g/mol. The molecule has 2 aromatic rings. The number of carbonyl (C=O) groups is 1. The number of hydrogen-bond acceptors (Lipinski definition) is 6. The Bertz CT molecular complexity index is 901. The van der Waals surface area contributed by atoms with Gasteiger partial charge in [0.15, 0.2) is 0 Å². The molecule has 0 aliphatic carbocycles. The molecule has 1 N–H and O–H groups in total. The van der Waals surface area contributed by atoms with Gasteiger partial charge in [-0.1, -0.05) is 6.07 Å². The lowest BCUT2D eigenvalue weighted by Crippen LogP contribution is -2.44. The van der Waals surface area contributed by atoms with E-state index in [1.165, 1.54) is 0 Å². The molecule has 9 heteroatoms. The van der Waals surface area contributed by atoms with E-state index in [2.05, 4.69) is 10.3 Å². The molecule has 1 unspecified atom stereocenters. The molecule has 2 aromatic heterocycles. The minimum absolute atomic E-state index is 0. The predicted octanol–water partition coefficient (Wildman–Crippen LogP) is 2.87. The standard InChI is InChI=1S/C21H25N3O4.2ClH/c1-14-11-17(15-4-7-22-8-5-15)28-21(26)19(14)20(25)24-9-10-27-18(13-24)16-3-2-6-23-12-16;;/h2-3,6,11-12,15,18,22H,4-5,7-10,13H2,1H3;2*1H. The molecule has 0 spiro atoms. The van der Waals surface area contributed by atoms with Crippen LogP contribution in [-0.4, -0.2) is 48.6 Å². The van der Waals surface area contributed by atoms with Gasteiger partial charge < -0.3 is 19.4 Å². The van der Waals surface area contributed by atoms with Crippen molar-refractivity contribution in [2.24, 2.45) is 0 Å². The van der Waals surface area contributed by atoms with E-state index in [1.54, 1.807) is 17.3 Å². The zero-order valence-corrected chi connectivity index (χ0v) is 18.5. The number of nitrogens with one attached hydrogen (secondary N) is 1. The molecule has 0 saturated carbocycles. The third-order valence-electron chi connectivity index (χ3n) is 5.53. The molecule has 2 aliphatic heterocycles. The number of aryl methyl sites for hydroxylation is 1. The first kappa shape index (κ1) is 24.3. The van der Waals surface area contributed by atoms with Gasteiger partial charge in [-0.3, -0.25) is 9.78 Å². The molecular formula is C21H27Cl2N3O4. The third-order valence-corrected chi connectivity index (χ3v) is 5.53. The summed E-state index contributed by atoms with van der Waals surface area (Å²) in [6.07, 6.45) is 5.07. The maximum absolute atomic E-state index is 13.1. The first-order chi connectivity index (χ1) is 13.6. The molecule has 0 aromatic carbocycles. The second-order valence-corrected chi connectivity index (χ2v) is 7.42. The van der Waals surface area contributed by atoms with E-state index in [4.69, 9.17) is 9.15 Å². The van der Waals surface area contributed by atoms with E-state index < -0.39 is 5.63 Å². The van der Waals surface area contributed by atoms with E-state index in [1.807, 2.05) is 25.1 Å². The molecule has 4 heterocycles. The van der Waals surface area contributed by atoms with Gasteiger partial charge in [0.05, 0.1) is 13.2 Å². The third kappa shape index (κ3) is 5.21. The Morgan fingerprint density at radius 3 is 2.70 bits per heavy atom. The van der Waals surface area contributed by atoms with Crippen molar-refractivity contribution in [1.82, 2.24) is 15.2 Å². The number of nitrogens with zero attached hydrogens (tertiary/aromatic N) is 2. The lowest BCUT2D eigenvalue weighted by molar-refractivity contribution is -0.0231. The normalized spacial score (nSPS) is 19.5. The second kappa shape index (κ2) is 10.9. The molecule has 30 heavy (non-hydrogen) atoms. The molecule has 1 amide bonds. The Kier molecular flexibility index (Phi) is 8.85. The highest BCUT2D eigenvalue weighted by Gasteiger charge is 2.30. The van der Waals surface area contributed by atoms with Gasteiger partial charge in [-0.05, 0) is 50.6 Å². The molecule has 2 saturated heterocycles. The first-order valence-electron chi connectivity index (χ1n) is 9.79. The highest BCUT2D eigenvalue weighted by molar-refractivity contribution is 5.95. The fourth-order valence-electron chi connectivity index (χ4n) is 3.96. The smallest absolute Gasteiger partial charge is 0.349 e. The van der Waals surface area contributed by atoms with Gasteiger partial charge in [0.2, 0.25) is 0 Å². The fourth-order valence-corrected chi connectivity index (χ4v) is 3.96. The lowest BCUT2D eigenvalue weighted by atomic mass is 9.94. The van der Waals surface area contributed by atoms with Gasteiger partial charge in [-0.2, -0.15) is 0 Å². The largest absolute Gasteiger partial charge is 0.427 e. The summed E-state index contributed by atoms with van der Waals surface area (Å²) >= 11 is 0. The van der Waals surface area contributed by atoms with Gasteiger partial charge >= 0.3 is 5.63 Å². The van der Waals surface area contributed by atoms with Crippen LogP contribution >= 0.6 is 24.8 Å². The number of hydrogen-bond donors (Lipinski definition) is 1. The Morgan fingerprint density at radius 1 is 1.27 bits per heavy atom. The summed E-state index contributed by atoms with van der Waals surface area (Å²) in [5, 5.41) is 3.31. The van der Waals surface area contributed by atoms with Crippen LogP contribution in [0, 0.1) is 6.92 Å². The maximum Gasteiger partial charge on any atom is 0.349 e. The lowest BCUT2D eigenvalue weighted by Gasteiger charge is -2.33. The number of aromatic nitrogens is 1. The van der Waals surface area contributed by atoms with Crippen molar-refractivity contribution in [2.75, 3.05) is 32.8 Å². The minimum Gasteiger partial charge on any atom is -0.427 e. The van der Waals surface area contributed by atoms with Gasteiger partial charge in [0.25, 0.3) is 5.91 Å². The maximum atomic E-state index is 13.1. The van der Waals surface area contributed by atoms with Crippen molar-refractivity contribution < 1.29 is 13.9 Å². The Balaban J connectivity index is 0.00000160. The zero-order valence-electron chi connectivity index (χ0n) is 16.8. The quantitative estimate of drug-likeness (QED) is 0.765. The number of amides is 1. The average Bonchev–Trinajstić information content (AvgIpc) is 2.74. The van der Waals surface area contributed by atoms with Crippen LogP contribution in [0.15, 0.2) is 39.8 Å². The average molecular weight is 456 g/mol. The fraction of sp³-hybridized carbons (Fsp3) is 0.476. The zero-order chi connectivity index (χ0) is 19.5. The van der Waals surface area contributed by atoms with E-state index in [-0.39, 0.29) is 48.3 Å². The highest BCUT2D eigenvalue weighted by Crippen LogP contribution is 2.27. The van der Waals surface area contributed by atoms with Crippen molar-refractivity contribution in [3.05, 3.63) is 63.5 Å². The number of halogens is 2. The molecule has 7 nitrogen and oxygen atoms in total. The number of pyridine rings is 1. The van der Waals surface area contributed by atoms with Crippen LogP contribution in [0.2, 0.25) is 0 Å².